The minimum absolute atomic E-state index is 0.00896. The Kier molecular flexibility index (Phi) is 8.96. The van der Waals surface area contributed by atoms with Crippen LogP contribution >= 0.6 is 23.5 Å². The molecule has 3 heterocycles. The van der Waals surface area contributed by atoms with E-state index in [4.69, 9.17) is 25.0 Å². The fourth-order valence-electron chi connectivity index (χ4n) is 3.70. The van der Waals surface area contributed by atoms with Crippen LogP contribution in [0, 0.1) is 0 Å². The first-order valence-electron chi connectivity index (χ1n) is 11.1. The summed E-state index contributed by atoms with van der Waals surface area (Å²) in [6.45, 7) is -1.02. The highest BCUT2D eigenvalue weighted by Gasteiger charge is 2.49. The molecule has 1 aliphatic heterocycles. The number of aliphatic hydroxyl groups is 1. The van der Waals surface area contributed by atoms with Gasteiger partial charge in [0.1, 0.15) is 24.1 Å². The predicted molar refractivity (Wildman–Crippen MR) is 135 cm³/mol. The summed E-state index contributed by atoms with van der Waals surface area (Å²) in [7, 11) is -15.3. The summed E-state index contributed by atoms with van der Waals surface area (Å²) in [6, 6.07) is 6.12. The number of aliphatic hydroxyl groups excluding tert-OH is 1. The Morgan fingerprint density at radius 3 is 2.39 bits per heavy atom. The molecule has 6 atom stereocenters. The number of nitrogen functional groups attached to an aromatic ring is 1. The molecule has 3 aromatic rings. The first-order valence-corrected chi connectivity index (χ1v) is 15.6. The second kappa shape index (κ2) is 11.8. The highest BCUT2D eigenvalue weighted by atomic mass is 31.3. The van der Waals surface area contributed by atoms with Crippen molar-refractivity contribution < 1.29 is 65.8 Å². The maximum atomic E-state index is 12.9. The number of aromatic nitrogens is 4. The molecule has 0 amide bonds. The Morgan fingerprint density at radius 1 is 1.07 bits per heavy atom. The van der Waals surface area contributed by atoms with E-state index < -0.39 is 60.6 Å². The van der Waals surface area contributed by atoms with E-state index in [2.05, 4.69) is 33.4 Å². The van der Waals surface area contributed by atoms with Gasteiger partial charge in [0, 0.05) is 12.7 Å². The van der Waals surface area contributed by atoms with Crippen LogP contribution in [0.15, 0.2) is 36.9 Å². The van der Waals surface area contributed by atoms with Crippen molar-refractivity contribution in [2.75, 3.05) is 24.7 Å². The molecule has 23 heteroatoms. The lowest BCUT2D eigenvalue weighted by molar-refractivity contribution is -0.0558. The lowest BCUT2D eigenvalue weighted by atomic mass is 10.1. The number of rotatable bonds is 11. The number of carbonyl (C=O) groups excluding carboxylic acids is 1. The first kappa shape index (κ1) is 31.1. The molecule has 1 fully saturated rings. The van der Waals surface area contributed by atoms with Gasteiger partial charge < -0.3 is 45.2 Å². The average Bonchev–Trinajstić information content (AvgIpc) is 3.42. The predicted octanol–water partition coefficient (Wildman–Crippen LogP) is 0.277. The highest BCUT2D eigenvalue weighted by molar-refractivity contribution is 7.66. The van der Waals surface area contributed by atoms with Crippen LogP contribution in [-0.2, 0) is 36.3 Å². The quantitative estimate of drug-likeness (QED) is 0.109. The average molecular weight is 640 g/mol. The fraction of sp³-hybridized carbons (Fsp3) is 0.333. The molecular weight excluding hydrogens is 617 g/mol. The molecule has 1 aromatic carbocycles. The zero-order chi connectivity index (χ0) is 30.2. The standard InChI is InChI=1S/C18H23N6O14P3/c1-20-10-4-2-9(3-5-10)18(26)36-14-13(25)11(6-34-40(30,31)38-41(32,33)37-39(27,28)29)35-17(14)24-8-23-12-15(19)21-7-22-16(12)24/h2-5,7-8,11,13-14,17,20,25H,6H2,1H3,(H,30,31)(H,32,33)(H2,19,21,22)(H2,27,28,29)/t11-,13-,14-,17-/m1/s1. The molecule has 224 valence electrons. The van der Waals surface area contributed by atoms with Gasteiger partial charge in [-0.1, -0.05) is 0 Å². The third-order valence-electron chi connectivity index (χ3n) is 5.44. The molecule has 2 unspecified atom stereocenters. The fourth-order valence-corrected chi connectivity index (χ4v) is 6.73. The van der Waals surface area contributed by atoms with Gasteiger partial charge in [0.05, 0.1) is 18.5 Å². The number of esters is 1. The molecule has 0 spiro atoms. The van der Waals surface area contributed by atoms with E-state index in [0.717, 1.165) is 6.33 Å². The van der Waals surface area contributed by atoms with Gasteiger partial charge in [-0.3, -0.25) is 9.09 Å². The van der Waals surface area contributed by atoms with Crippen LogP contribution in [0.4, 0.5) is 11.5 Å². The molecule has 2 aromatic heterocycles. The number of hydrogen-bond acceptors (Lipinski definition) is 15. The van der Waals surface area contributed by atoms with Crippen molar-refractivity contribution in [2.24, 2.45) is 0 Å². The molecule has 1 aliphatic rings. The van der Waals surface area contributed by atoms with Crippen LogP contribution in [0.1, 0.15) is 16.6 Å². The molecule has 1 saturated heterocycles. The van der Waals surface area contributed by atoms with Gasteiger partial charge in [0.25, 0.3) is 0 Å². The van der Waals surface area contributed by atoms with Crippen molar-refractivity contribution >= 4 is 52.1 Å². The number of anilines is 2. The number of hydrogen-bond donors (Lipinski definition) is 7. The summed E-state index contributed by atoms with van der Waals surface area (Å²) >= 11 is 0. The molecule has 20 nitrogen and oxygen atoms in total. The monoisotopic (exact) mass is 640 g/mol. The zero-order valence-corrected chi connectivity index (χ0v) is 23.3. The topological polar surface area (TPSA) is 297 Å². The summed E-state index contributed by atoms with van der Waals surface area (Å²) < 4.78 is 59.0. The normalized spacial score (nSPS) is 24.0. The number of imidazole rings is 1. The summed E-state index contributed by atoms with van der Waals surface area (Å²) in [5, 5.41) is 13.9. The molecule has 41 heavy (non-hydrogen) atoms. The second-order valence-electron chi connectivity index (χ2n) is 8.22. The number of ether oxygens (including phenoxy) is 2. The zero-order valence-electron chi connectivity index (χ0n) is 20.6. The van der Waals surface area contributed by atoms with Crippen LogP contribution in [0.25, 0.3) is 11.2 Å². The van der Waals surface area contributed by atoms with Crippen molar-refractivity contribution in [3.63, 3.8) is 0 Å². The number of nitrogens with two attached hydrogens (primary N) is 1. The lowest BCUT2D eigenvalue weighted by Gasteiger charge is -2.22. The van der Waals surface area contributed by atoms with Crippen LogP contribution in [0.5, 0.6) is 0 Å². The number of nitrogens with zero attached hydrogens (tertiary/aromatic N) is 4. The van der Waals surface area contributed by atoms with Crippen molar-refractivity contribution in [3.05, 3.63) is 42.5 Å². The first-order chi connectivity index (χ1) is 19.1. The Balaban J connectivity index is 1.57. The number of benzene rings is 1. The molecule has 0 saturated carbocycles. The van der Waals surface area contributed by atoms with E-state index >= 15 is 0 Å². The molecule has 0 radical (unpaired) electrons. The second-order valence-corrected chi connectivity index (χ2v) is 12.6. The van der Waals surface area contributed by atoms with E-state index in [9.17, 15) is 33.4 Å². The summed E-state index contributed by atoms with van der Waals surface area (Å²) in [4.78, 5) is 61.3. The molecule has 0 aliphatic carbocycles. The highest BCUT2D eigenvalue weighted by Crippen LogP contribution is 2.66. The molecule has 8 N–H and O–H groups in total. The Bertz CT molecular complexity index is 1560. The van der Waals surface area contributed by atoms with Crippen molar-refractivity contribution in [1.29, 1.82) is 0 Å². The molecular formula is C18H23N6O14P3. The van der Waals surface area contributed by atoms with Gasteiger partial charge in [-0.25, -0.2) is 33.4 Å². The number of carbonyl (C=O) groups is 1. The molecule has 0 bridgehead atoms. The minimum Gasteiger partial charge on any atom is -0.451 e. The van der Waals surface area contributed by atoms with Gasteiger partial charge in [-0.05, 0) is 24.3 Å². The van der Waals surface area contributed by atoms with Crippen molar-refractivity contribution in [2.45, 2.75) is 24.5 Å². The summed E-state index contributed by atoms with van der Waals surface area (Å²) in [5.41, 5.74) is 6.89. The Hall–Kier alpha value is -2.83. The molecule has 4 rings (SSSR count). The minimum atomic E-state index is -5.78. The number of phosphoric acid groups is 3. The SMILES string of the molecule is CNc1ccc(C(=O)O[C@@H]2[C@H](O)[C@@H](COP(=O)(O)OP(=O)(O)OP(=O)(O)O)O[C@H]2n2cnc3c(N)ncnc32)cc1. The van der Waals surface area contributed by atoms with E-state index in [1.807, 2.05) is 0 Å². The van der Waals surface area contributed by atoms with Crippen LogP contribution in [0.2, 0.25) is 0 Å². The number of phosphoric ester groups is 1. The maximum Gasteiger partial charge on any atom is 0.490 e. The van der Waals surface area contributed by atoms with Crippen LogP contribution in [-0.4, -0.2) is 82.1 Å². The van der Waals surface area contributed by atoms with Gasteiger partial charge >= 0.3 is 29.4 Å². The number of fused-ring (bicyclic) bond motifs is 1. The Morgan fingerprint density at radius 2 is 1.76 bits per heavy atom. The van der Waals surface area contributed by atoms with Crippen molar-refractivity contribution in [3.8, 4) is 0 Å². The maximum absolute atomic E-state index is 12.9. The Labute approximate surface area is 229 Å². The number of nitrogens with one attached hydrogen (secondary N) is 1. The van der Waals surface area contributed by atoms with E-state index in [1.54, 1.807) is 19.2 Å². The van der Waals surface area contributed by atoms with Crippen LogP contribution in [0.3, 0.4) is 0 Å². The van der Waals surface area contributed by atoms with Gasteiger partial charge in [-0.15, -0.1) is 0 Å². The van der Waals surface area contributed by atoms with Gasteiger partial charge in [-0.2, -0.15) is 8.62 Å². The van der Waals surface area contributed by atoms with E-state index in [1.165, 1.54) is 23.0 Å². The third kappa shape index (κ3) is 7.52. The van der Waals surface area contributed by atoms with E-state index in [0.29, 0.717) is 5.69 Å². The van der Waals surface area contributed by atoms with E-state index in [-0.39, 0.29) is 22.5 Å². The smallest absolute Gasteiger partial charge is 0.451 e. The lowest BCUT2D eigenvalue weighted by Crippen LogP contribution is -2.37. The van der Waals surface area contributed by atoms with Gasteiger partial charge in [0.2, 0.25) is 0 Å². The van der Waals surface area contributed by atoms with Gasteiger partial charge in [0.15, 0.2) is 23.8 Å². The largest absolute Gasteiger partial charge is 0.490 e. The summed E-state index contributed by atoms with van der Waals surface area (Å²) in [6.07, 6.45) is -3.83. The summed E-state index contributed by atoms with van der Waals surface area (Å²) in [5.74, 6) is -0.868. The third-order valence-corrected chi connectivity index (χ3v) is 9.25. The van der Waals surface area contributed by atoms with Crippen LogP contribution < -0.4 is 11.1 Å². The van der Waals surface area contributed by atoms with Crippen molar-refractivity contribution in [1.82, 2.24) is 19.5 Å².